The van der Waals surface area contributed by atoms with Gasteiger partial charge in [0.25, 0.3) is 0 Å². The number of nitrogens with zero attached hydrogens (tertiary/aromatic N) is 1. The SMILES string of the molecule is CC(C)[C@@H](CO)N(Cc1ccccc1)C1(/C=C\C2CC2)COC1. The molecular formula is C20H29NO2. The molecule has 1 heterocycles. The Balaban J connectivity index is 1.86. The molecule has 0 bridgehead atoms. The molecule has 2 aliphatic rings. The van der Waals surface area contributed by atoms with E-state index in [0.717, 1.165) is 25.7 Å². The van der Waals surface area contributed by atoms with E-state index < -0.39 is 0 Å². The Hall–Kier alpha value is -1.16. The van der Waals surface area contributed by atoms with Gasteiger partial charge in [-0.1, -0.05) is 56.3 Å². The molecule has 0 aromatic heterocycles. The van der Waals surface area contributed by atoms with Crippen molar-refractivity contribution in [1.82, 2.24) is 4.90 Å². The molecule has 1 aromatic carbocycles. The third-order valence-corrected chi connectivity index (χ3v) is 5.13. The van der Waals surface area contributed by atoms with Crippen LogP contribution in [0.1, 0.15) is 32.3 Å². The summed E-state index contributed by atoms with van der Waals surface area (Å²) in [5, 5.41) is 10.0. The monoisotopic (exact) mass is 315 g/mol. The number of benzene rings is 1. The van der Waals surface area contributed by atoms with Crippen LogP contribution in [-0.2, 0) is 11.3 Å². The summed E-state index contributed by atoms with van der Waals surface area (Å²) in [6.45, 7) is 6.87. The lowest BCUT2D eigenvalue weighted by Crippen LogP contribution is -2.65. The normalized spacial score (nSPS) is 21.8. The number of ether oxygens (including phenoxy) is 1. The lowest BCUT2D eigenvalue weighted by molar-refractivity contribution is -0.141. The number of hydrogen-bond donors (Lipinski definition) is 1. The predicted octanol–water partition coefficient (Wildman–Crippen LogP) is 3.24. The summed E-state index contributed by atoms with van der Waals surface area (Å²) in [7, 11) is 0. The summed E-state index contributed by atoms with van der Waals surface area (Å²) < 4.78 is 5.61. The van der Waals surface area contributed by atoms with E-state index in [1.54, 1.807) is 0 Å². The Morgan fingerprint density at radius 3 is 2.43 bits per heavy atom. The van der Waals surface area contributed by atoms with Crippen LogP contribution in [0.4, 0.5) is 0 Å². The third kappa shape index (κ3) is 3.85. The molecule has 3 nitrogen and oxygen atoms in total. The summed E-state index contributed by atoms with van der Waals surface area (Å²) in [6.07, 6.45) is 7.37. The van der Waals surface area contributed by atoms with Gasteiger partial charge in [0.2, 0.25) is 0 Å². The Kier molecular flexibility index (Phi) is 5.20. The largest absolute Gasteiger partial charge is 0.395 e. The molecule has 0 amide bonds. The van der Waals surface area contributed by atoms with Gasteiger partial charge in [-0.05, 0) is 30.2 Å². The average molecular weight is 315 g/mol. The maximum absolute atomic E-state index is 10.0. The first kappa shape index (κ1) is 16.7. The molecule has 126 valence electrons. The average Bonchev–Trinajstić information content (AvgIpc) is 3.31. The molecule has 1 saturated heterocycles. The van der Waals surface area contributed by atoms with Crippen molar-refractivity contribution in [3.8, 4) is 0 Å². The van der Waals surface area contributed by atoms with Crippen molar-refractivity contribution in [3.63, 3.8) is 0 Å². The van der Waals surface area contributed by atoms with Crippen LogP contribution in [0, 0.1) is 11.8 Å². The molecule has 0 unspecified atom stereocenters. The highest BCUT2D eigenvalue weighted by Gasteiger charge is 2.45. The van der Waals surface area contributed by atoms with Crippen LogP contribution in [-0.4, -0.2) is 41.4 Å². The summed E-state index contributed by atoms with van der Waals surface area (Å²) >= 11 is 0. The molecule has 1 aromatic rings. The predicted molar refractivity (Wildman–Crippen MR) is 93.1 cm³/mol. The highest BCUT2D eigenvalue weighted by molar-refractivity contribution is 5.20. The Morgan fingerprint density at radius 2 is 1.96 bits per heavy atom. The molecule has 1 N–H and O–H groups in total. The van der Waals surface area contributed by atoms with E-state index >= 15 is 0 Å². The molecule has 23 heavy (non-hydrogen) atoms. The molecule has 1 saturated carbocycles. The van der Waals surface area contributed by atoms with Crippen LogP contribution in [0.5, 0.6) is 0 Å². The van der Waals surface area contributed by atoms with E-state index in [1.165, 1.54) is 18.4 Å². The van der Waals surface area contributed by atoms with E-state index in [0.29, 0.717) is 5.92 Å². The minimum Gasteiger partial charge on any atom is -0.395 e. The Morgan fingerprint density at radius 1 is 1.26 bits per heavy atom. The van der Waals surface area contributed by atoms with E-state index in [-0.39, 0.29) is 18.2 Å². The van der Waals surface area contributed by atoms with Gasteiger partial charge in [-0.2, -0.15) is 0 Å². The zero-order valence-electron chi connectivity index (χ0n) is 14.3. The van der Waals surface area contributed by atoms with Crippen LogP contribution < -0.4 is 0 Å². The van der Waals surface area contributed by atoms with Crippen LogP contribution in [0.25, 0.3) is 0 Å². The zero-order valence-corrected chi connectivity index (χ0v) is 14.3. The van der Waals surface area contributed by atoms with E-state index in [1.807, 2.05) is 0 Å². The van der Waals surface area contributed by atoms with Crippen LogP contribution >= 0.6 is 0 Å². The molecule has 3 rings (SSSR count). The van der Waals surface area contributed by atoms with E-state index in [9.17, 15) is 5.11 Å². The zero-order chi connectivity index (χ0) is 16.3. The first-order valence-corrected chi connectivity index (χ1v) is 8.83. The molecule has 1 aliphatic carbocycles. The minimum atomic E-state index is -0.0594. The van der Waals surface area contributed by atoms with Gasteiger partial charge >= 0.3 is 0 Å². The number of hydrogen-bond acceptors (Lipinski definition) is 3. The molecule has 3 heteroatoms. The maximum Gasteiger partial charge on any atom is 0.0870 e. The second kappa shape index (κ2) is 7.16. The van der Waals surface area contributed by atoms with Crippen molar-refractivity contribution < 1.29 is 9.84 Å². The van der Waals surface area contributed by atoms with Crippen molar-refractivity contribution in [2.24, 2.45) is 11.8 Å². The number of aliphatic hydroxyl groups is 1. The Bertz CT molecular complexity index is 518. The van der Waals surface area contributed by atoms with Crippen molar-refractivity contribution >= 4 is 0 Å². The molecule has 2 fully saturated rings. The maximum atomic E-state index is 10.0. The molecule has 0 radical (unpaired) electrons. The van der Waals surface area contributed by atoms with Crippen LogP contribution in [0.2, 0.25) is 0 Å². The highest BCUT2D eigenvalue weighted by atomic mass is 16.5. The fourth-order valence-electron chi connectivity index (χ4n) is 3.33. The van der Waals surface area contributed by atoms with Crippen molar-refractivity contribution in [2.75, 3.05) is 19.8 Å². The second-order valence-electron chi connectivity index (χ2n) is 7.40. The van der Waals surface area contributed by atoms with Gasteiger partial charge in [0.1, 0.15) is 0 Å². The number of allylic oxidation sites excluding steroid dienone is 1. The second-order valence-corrected chi connectivity index (χ2v) is 7.40. The fourth-order valence-corrected chi connectivity index (χ4v) is 3.33. The van der Waals surface area contributed by atoms with E-state index in [4.69, 9.17) is 4.74 Å². The van der Waals surface area contributed by atoms with Crippen LogP contribution in [0.15, 0.2) is 42.5 Å². The van der Waals surface area contributed by atoms with Gasteiger partial charge in [-0.25, -0.2) is 0 Å². The summed E-state index contributed by atoms with van der Waals surface area (Å²) in [5.74, 6) is 1.16. The first-order valence-electron chi connectivity index (χ1n) is 8.83. The quantitative estimate of drug-likeness (QED) is 0.748. The van der Waals surface area contributed by atoms with Gasteiger partial charge < -0.3 is 9.84 Å². The molecule has 0 spiro atoms. The van der Waals surface area contributed by atoms with E-state index in [2.05, 4.69) is 61.2 Å². The molecular weight excluding hydrogens is 286 g/mol. The van der Waals surface area contributed by atoms with Crippen LogP contribution in [0.3, 0.4) is 0 Å². The van der Waals surface area contributed by atoms with Gasteiger partial charge in [0.15, 0.2) is 0 Å². The summed E-state index contributed by atoms with van der Waals surface area (Å²) in [6, 6.07) is 10.7. The Labute approximate surface area is 140 Å². The first-order chi connectivity index (χ1) is 11.1. The van der Waals surface area contributed by atoms with Gasteiger partial charge in [0.05, 0.1) is 25.4 Å². The lowest BCUT2D eigenvalue weighted by atomic mass is 9.88. The molecule has 1 atom stereocenters. The fraction of sp³-hybridized carbons (Fsp3) is 0.600. The van der Waals surface area contributed by atoms with Crippen molar-refractivity contribution in [1.29, 1.82) is 0 Å². The van der Waals surface area contributed by atoms with Crippen molar-refractivity contribution in [2.45, 2.75) is 44.8 Å². The lowest BCUT2D eigenvalue weighted by Gasteiger charge is -2.52. The minimum absolute atomic E-state index is 0.0594. The topological polar surface area (TPSA) is 32.7 Å². The molecule has 1 aliphatic heterocycles. The third-order valence-electron chi connectivity index (χ3n) is 5.13. The number of rotatable bonds is 8. The number of aliphatic hydroxyl groups excluding tert-OH is 1. The summed E-state index contributed by atoms with van der Waals surface area (Å²) in [5.41, 5.74) is 1.23. The van der Waals surface area contributed by atoms with Gasteiger partial charge in [-0.15, -0.1) is 0 Å². The van der Waals surface area contributed by atoms with Gasteiger partial charge in [-0.3, -0.25) is 4.90 Å². The smallest absolute Gasteiger partial charge is 0.0870 e. The van der Waals surface area contributed by atoms with Crippen molar-refractivity contribution in [3.05, 3.63) is 48.0 Å². The standard InChI is InChI=1S/C20H29NO2/c1-16(2)19(13-22)21(12-18-6-4-3-5-7-18)20(14-23-15-20)11-10-17-8-9-17/h3-7,10-11,16-17,19,22H,8-9,12-15H2,1-2H3/b11-10-/t19-/m1/s1. The highest BCUT2D eigenvalue weighted by Crippen LogP contribution is 2.36. The summed E-state index contributed by atoms with van der Waals surface area (Å²) in [4.78, 5) is 2.47. The van der Waals surface area contributed by atoms with Gasteiger partial charge in [0, 0.05) is 12.6 Å².